The number of halogens is 1. The Balaban J connectivity index is 1.70. The minimum Gasteiger partial charge on any atom is -0.497 e. The first-order chi connectivity index (χ1) is 17.6. The Labute approximate surface area is 213 Å². The highest BCUT2D eigenvalue weighted by Crippen LogP contribution is 2.32. The van der Waals surface area contributed by atoms with Gasteiger partial charge in [0, 0.05) is 13.5 Å². The van der Waals surface area contributed by atoms with E-state index in [1.165, 1.54) is 86.8 Å². The first-order valence-electron chi connectivity index (χ1n) is 11.2. The number of carbonyl (C=O) groups excluding carboxylic acids is 3. The number of imide groups is 1. The molecule has 1 fully saturated rings. The molecule has 0 aromatic heterocycles. The molecule has 37 heavy (non-hydrogen) atoms. The molecule has 9 nitrogen and oxygen atoms in total. The van der Waals surface area contributed by atoms with Crippen LogP contribution in [0.1, 0.15) is 18.9 Å². The van der Waals surface area contributed by atoms with Crippen molar-refractivity contribution in [2.45, 2.75) is 30.8 Å². The first kappa shape index (κ1) is 26.0. The average molecular weight is 527 g/mol. The van der Waals surface area contributed by atoms with Gasteiger partial charge in [0.1, 0.15) is 23.4 Å². The van der Waals surface area contributed by atoms with Crippen LogP contribution >= 0.6 is 0 Å². The molecule has 0 aliphatic carbocycles. The van der Waals surface area contributed by atoms with Crippen molar-refractivity contribution in [1.82, 2.24) is 4.31 Å². The van der Waals surface area contributed by atoms with Gasteiger partial charge in [0.15, 0.2) is 0 Å². The van der Waals surface area contributed by atoms with E-state index in [1.54, 1.807) is 0 Å². The number of esters is 1. The maximum absolute atomic E-state index is 13.7. The van der Waals surface area contributed by atoms with Gasteiger partial charge in [-0.15, -0.1) is 0 Å². The van der Waals surface area contributed by atoms with Gasteiger partial charge in [-0.05, 0) is 66.2 Å². The quantitative estimate of drug-likeness (QED) is 0.252. The molecule has 1 unspecified atom stereocenters. The zero-order valence-electron chi connectivity index (χ0n) is 20.0. The monoisotopic (exact) mass is 526 g/mol. The van der Waals surface area contributed by atoms with Crippen LogP contribution in [-0.2, 0) is 31.0 Å². The molecule has 3 aromatic carbocycles. The van der Waals surface area contributed by atoms with Gasteiger partial charge in [0.05, 0.1) is 24.1 Å². The third-order valence-corrected chi connectivity index (χ3v) is 7.61. The molecule has 3 aromatic rings. The maximum Gasteiger partial charge on any atom is 0.308 e. The molecule has 11 heteroatoms. The molecule has 1 atom stereocenters. The van der Waals surface area contributed by atoms with Crippen molar-refractivity contribution in [3.63, 3.8) is 0 Å². The number of hydrogen-bond donors (Lipinski definition) is 0. The number of hydrogen-bond acceptors (Lipinski definition) is 7. The summed E-state index contributed by atoms with van der Waals surface area (Å²) in [4.78, 5) is 38.4. The predicted molar refractivity (Wildman–Crippen MR) is 131 cm³/mol. The van der Waals surface area contributed by atoms with Gasteiger partial charge in [-0.3, -0.25) is 14.4 Å². The molecule has 1 aliphatic rings. The minimum absolute atomic E-state index is 0.0974. The fraction of sp³-hybridized carbons (Fsp3) is 0.192. The Morgan fingerprint density at radius 1 is 0.973 bits per heavy atom. The second-order valence-corrected chi connectivity index (χ2v) is 10.1. The Kier molecular flexibility index (Phi) is 7.37. The van der Waals surface area contributed by atoms with Gasteiger partial charge in [-0.2, -0.15) is 4.31 Å². The molecule has 1 saturated heterocycles. The molecule has 1 aliphatic heterocycles. The zero-order chi connectivity index (χ0) is 26.7. The lowest BCUT2D eigenvalue weighted by Crippen LogP contribution is -2.45. The van der Waals surface area contributed by atoms with E-state index in [0.717, 1.165) is 9.21 Å². The van der Waals surface area contributed by atoms with Crippen LogP contribution in [0.5, 0.6) is 11.5 Å². The van der Waals surface area contributed by atoms with Crippen LogP contribution < -0.4 is 14.4 Å². The summed E-state index contributed by atoms with van der Waals surface area (Å²) in [6, 6.07) is 15.2. The topological polar surface area (TPSA) is 110 Å². The third-order valence-electron chi connectivity index (χ3n) is 5.74. The molecule has 0 radical (unpaired) electrons. The number of carbonyl (C=O) groups is 3. The van der Waals surface area contributed by atoms with Gasteiger partial charge in [0.25, 0.3) is 5.91 Å². The molecule has 0 saturated carbocycles. The van der Waals surface area contributed by atoms with E-state index in [-0.39, 0.29) is 29.3 Å². The van der Waals surface area contributed by atoms with E-state index >= 15 is 0 Å². The van der Waals surface area contributed by atoms with E-state index in [9.17, 15) is 27.2 Å². The number of ether oxygens (including phenoxy) is 2. The Morgan fingerprint density at radius 3 is 2.14 bits per heavy atom. The van der Waals surface area contributed by atoms with E-state index < -0.39 is 39.7 Å². The van der Waals surface area contributed by atoms with Crippen molar-refractivity contribution in [2.75, 3.05) is 12.0 Å². The van der Waals surface area contributed by atoms with Crippen LogP contribution in [0, 0.1) is 5.82 Å². The van der Waals surface area contributed by atoms with Crippen molar-refractivity contribution >= 4 is 33.5 Å². The van der Waals surface area contributed by atoms with Crippen molar-refractivity contribution < 1.29 is 36.7 Å². The third kappa shape index (κ3) is 5.52. The van der Waals surface area contributed by atoms with Crippen molar-refractivity contribution in [2.24, 2.45) is 0 Å². The van der Waals surface area contributed by atoms with Crippen LogP contribution in [-0.4, -0.2) is 43.7 Å². The second-order valence-electron chi connectivity index (χ2n) is 8.23. The lowest BCUT2D eigenvalue weighted by Gasteiger charge is -2.27. The normalized spacial score (nSPS) is 15.8. The standard InChI is InChI=1S/C26H23FN2O7S/c1-17(30)36-22-9-7-20(8-10-22)29-25(31)15-24(26(29)32)28(16-18-3-5-19(27)6-4-18)37(33,34)23-13-11-21(35-2)12-14-23/h3-14,24H,15-16H2,1-2H3. The molecular weight excluding hydrogens is 503 g/mol. The van der Waals surface area contributed by atoms with E-state index in [1.807, 2.05) is 0 Å². The highest BCUT2D eigenvalue weighted by Gasteiger charge is 2.47. The smallest absolute Gasteiger partial charge is 0.308 e. The summed E-state index contributed by atoms with van der Waals surface area (Å²) >= 11 is 0. The van der Waals surface area contributed by atoms with Crippen LogP contribution in [0.4, 0.5) is 10.1 Å². The molecule has 0 N–H and O–H groups in total. The van der Waals surface area contributed by atoms with Gasteiger partial charge >= 0.3 is 5.97 Å². The number of sulfonamides is 1. The number of methoxy groups -OCH3 is 1. The summed E-state index contributed by atoms with van der Waals surface area (Å²) in [5, 5.41) is 0. The van der Waals surface area contributed by atoms with Gasteiger partial charge in [0.2, 0.25) is 15.9 Å². The fourth-order valence-corrected chi connectivity index (χ4v) is 5.53. The summed E-state index contributed by atoms with van der Waals surface area (Å²) in [5.41, 5.74) is 0.639. The largest absolute Gasteiger partial charge is 0.497 e. The van der Waals surface area contributed by atoms with Crippen molar-refractivity contribution in [3.05, 3.63) is 84.2 Å². The molecule has 2 amide bonds. The minimum atomic E-state index is -4.27. The SMILES string of the molecule is COc1ccc(S(=O)(=O)N(Cc2ccc(F)cc2)C2CC(=O)N(c3ccc(OC(C)=O)cc3)C2=O)cc1. The number of nitrogens with zero attached hydrogens (tertiary/aromatic N) is 2. The summed E-state index contributed by atoms with van der Waals surface area (Å²) < 4.78 is 51.9. The number of anilines is 1. The summed E-state index contributed by atoms with van der Waals surface area (Å²) in [6.07, 6.45) is -0.388. The molecule has 0 bridgehead atoms. The summed E-state index contributed by atoms with van der Waals surface area (Å²) in [6.45, 7) is 0.975. The molecule has 4 rings (SSSR count). The molecule has 0 spiro atoms. The second kappa shape index (κ2) is 10.5. The lowest BCUT2D eigenvalue weighted by molar-refractivity contribution is -0.132. The fourth-order valence-electron chi connectivity index (χ4n) is 3.96. The highest BCUT2D eigenvalue weighted by molar-refractivity contribution is 7.89. The average Bonchev–Trinajstić information content (AvgIpc) is 3.17. The van der Waals surface area contributed by atoms with Crippen molar-refractivity contribution in [3.8, 4) is 11.5 Å². The number of rotatable bonds is 8. The molecule has 192 valence electrons. The summed E-state index contributed by atoms with van der Waals surface area (Å²) in [5.74, 6) is -1.68. The van der Waals surface area contributed by atoms with E-state index in [2.05, 4.69) is 0 Å². The maximum atomic E-state index is 13.7. The van der Waals surface area contributed by atoms with Gasteiger partial charge in [-0.1, -0.05) is 12.1 Å². The molecule has 1 heterocycles. The predicted octanol–water partition coefficient (Wildman–Crippen LogP) is 3.28. The van der Waals surface area contributed by atoms with Crippen molar-refractivity contribution in [1.29, 1.82) is 0 Å². The van der Waals surface area contributed by atoms with E-state index in [4.69, 9.17) is 9.47 Å². The highest BCUT2D eigenvalue weighted by atomic mass is 32.2. The number of amides is 2. The van der Waals surface area contributed by atoms with Crippen LogP contribution in [0.25, 0.3) is 0 Å². The lowest BCUT2D eigenvalue weighted by atomic mass is 10.2. The Morgan fingerprint density at radius 2 is 1.57 bits per heavy atom. The van der Waals surface area contributed by atoms with Crippen LogP contribution in [0.2, 0.25) is 0 Å². The first-order valence-corrected chi connectivity index (χ1v) is 12.6. The van der Waals surface area contributed by atoms with Crippen LogP contribution in [0.3, 0.4) is 0 Å². The Hall–Kier alpha value is -4.09. The molecular formula is C26H23FN2O7S. The van der Waals surface area contributed by atoms with Crippen LogP contribution in [0.15, 0.2) is 77.7 Å². The Bertz CT molecular complexity index is 1420. The van der Waals surface area contributed by atoms with E-state index in [0.29, 0.717) is 11.3 Å². The van der Waals surface area contributed by atoms with Gasteiger partial charge in [-0.25, -0.2) is 17.7 Å². The van der Waals surface area contributed by atoms with Gasteiger partial charge < -0.3 is 9.47 Å². The summed E-state index contributed by atoms with van der Waals surface area (Å²) in [7, 11) is -2.83. The number of benzene rings is 3. The zero-order valence-corrected chi connectivity index (χ0v) is 20.8.